The third kappa shape index (κ3) is 3.79. The molecule has 4 heteroatoms. The molecule has 0 aliphatic heterocycles. The normalized spacial score (nSPS) is 16.3. The molecule has 1 saturated carbocycles. The second-order valence-corrected chi connectivity index (χ2v) is 5.24. The Kier molecular flexibility index (Phi) is 4.28. The van der Waals surface area contributed by atoms with E-state index >= 15 is 0 Å². The fourth-order valence-electron chi connectivity index (χ4n) is 1.57. The zero-order valence-electron chi connectivity index (χ0n) is 11.3. The molecule has 1 unspecified atom stereocenters. The Labute approximate surface area is 109 Å². The summed E-state index contributed by atoms with van der Waals surface area (Å²) < 4.78 is 5.66. The molecule has 3 N–H and O–H groups in total. The highest BCUT2D eigenvalue weighted by Gasteiger charge is 2.22. The number of nitrogens with zero attached hydrogens (tertiary/aromatic N) is 1. The standard InChI is InChI=1S/C14H23N3O/c1-3-10(2)8-16-13-7-6-12(15)14(17-13)18-9-11-4-5-11/h6-7,10-11H,3-5,8-9,15H2,1-2H3,(H,16,17). The smallest absolute Gasteiger partial charge is 0.239 e. The lowest BCUT2D eigenvalue weighted by molar-refractivity contribution is 0.290. The van der Waals surface area contributed by atoms with E-state index in [-0.39, 0.29) is 0 Å². The Bertz CT molecular complexity index is 391. The largest absolute Gasteiger partial charge is 0.476 e. The molecule has 1 atom stereocenters. The number of hydrogen-bond acceptors (Lipinski definition) is 4. The Hall–Kier alpha value is -1.45. The molecule has 2 rings (SSSR count). The van der Waals surface area contributed by atoms with Crippen molar-refractivity contribution in [2.75, 3.05) is 24.2 Å². The Morgan fingerprint density at radius 2 is 2.28 bits per heavy atom. The summed E-state index contributed by atoms with van der Waals surface area (Å²) >= 11 is 0. The highest BCUT2D eigenvalue weighted by atomic mass is 16.5. The number of nitrogen functional groups attached to an aromatic ring is 1. The number of rotatable bonds is 7. The molecule has 0 radical (unpaired) electrons. The molecule has 0 bridgehead atoms. The zero-order chi connectivity index (χ0) is 13.0. The summed E-state index contributed by atoms with van der Waals surface area (Å²) in [6.45, 7) is 6.07. The van der Waals surface area contributed by atoms with Gasteiger partial charge in [0.2, 0.25) is 5.88 Å². The molecular formula is C14H23N3O. The molecule has 1 aliphatic rings. The molecule has 1 aliphatic carbocycles. The highest BCUT2D eigenvalue weighted by Crippen LogP contribution is 2.30. The lowest BCUT2D eigenvalue weighted by Crippen LogP contribution is -2.12. The van der Waals surface area contributed by atoms with E-state index in [9.17, 15) is 0 Å². The molecule has 0 saturated heterocycles. The van der Waals surface area contributed by atoms with Gasteiger partial charge in [-0.1, -0.05) is 20.3 Å². The van der Waals surface area contributed by atoms with Crippen molar-refractivity contribution in [1.82, 2.24) is 4.98 Å². The van der Waals surface area contributed by atoms with Gasteiger partial charge in [-0.2, -0.15) is 4.98 Å². The van der Waals surface area contributed by atoms with Gasteiger partial charge >= 0.3 is 0 Å². The van der Waals surface area contributed by atoms with E-state index in [0.29, 0.717) is 23.4 Å². The maximum Gasteiger partial charge on any atom is 0.239 e. The number of nitrogens with two attached hydrogens (primary N) is 1. The lowest BCUT2D eigenvalue weighted by atomic mass is 10.1. The number of ether oxygens (including phenoxy) is 1. The molecular weight excluding hydrogens is 226 g/mol. The number of nitrogens with one attached hydrogen (secondary N) is 1. The van der Waals surface area contributed by atoms with Gasteiger partial charge in [-0.05, 0) is 36.8 Å². The minimum atomic E-state index is 0.566. The van der Waals surface area contributed by atoms with Crippen molar-refractivity contribution < 1.29 is 4.74 Å². The van der Waals surface area contributed by atoms with E-state index in [1.54, 1.807) is 0 Å². The lowest BCUT2D eigenvalue weighted by Gasteiger charge is -2.13. The average molecular weight is 249 g/mol. The van der Waals surface area contributed by atoms with Crippen molar-refractivity contribution in [2.24, 2.45) is 11.8 Å². The van der Waals surface area contributed by atoms with E-state index < -0.39 is 0 Å². The Morgan fingerprint density at radius 1 is 1.50 bits per heavy atom. The van der Waals surface area contributed by atoms with E-state index in [2.05, 4.69) is 24.1 Å². The summed E-state index contributed by atoms with van der Waals surface area (Å²) in [6.07, 6.45) is 3.70. The maximum atomic E-state index is 5.86. The van der Waals surface area contributed by atoms with E-state index in [1.807, 2.05) is 12.1 Å². The number of aromatic nitrogens is 1. The highest BCUT2D eigenvalue weighted by molar-refractivity contribution is 5.53. The van der Waals surface area contributed by atoms with Crippen molar-refractivity contribution in [3.05, 3.63) is 12.1 Å². The summed E-state index contributed by atoms with van der Waals surface area (Å²) in [7, 11) is 0. The summed E-state index contributed by atoms with van der Waals surface area (Å²) in [5.74, 6) is 2.76. The predicted molar refractivity (Wildman–Crippen MR) is 74.8 cm³/mol. The minimum absolute atomic E-state index is 0.566. The maximum absolute atomic E-state index is 5.86. The molecule has 1 fully saturated rings. The van der Waals surface area contributed by atoms with Crippen LogP contribution in [0.5, 0.6) is 5.88 Å². The average Bonchev–Trinajstić information content (AvgIpc) is 3.19. The molecule has 18 heavy (non-hydrogen) atoms. The zero-order valence-corrected chi connectivity index (χ0v) is 11.3. The van der Waals surface area contributed by atoms with Crippen LogP contribution in [-0.2, 0) is 0 Å². The van der Waals surface area contributed by atoms with Crippen LogP contribution in [0, 0.1) is 11.8 Å². The molecule has 1 aromatic heterocycles. The first-order valence-corrected chi connectivity index (χ1v) is 6.82. The molecule has 1 heterocycles. The van der Waals surface area contributed by atoms with Crippen molar-refractivity contribution >= 4 is 11.5 Å². The van der Waals surface area contributed by atoms with Crippen molar-refractivity contribution in [3.63, 3.8) is 0 Å². The first kappa shape index (κ1) is 13.0. The second kappa shape index (κ2) is 5.94. The van der Waals surface area contributed by atoms with Crippen LogP contribution in [0.3, 0.4) is 0 Å². The van der Waals surface area contributed by atoms with Gasteiger partial charge in [-0.25, -0.2) is 0 Å². The predicted octanol–water partition coefficient (Wildman–Crippen LogP) is 2.91. The van der Waals surface area contributed by atoms with E-state index in [0.717, 1.165) is 25.4 Å². The fraction of sp³-hybridized carbons (Fsp3) is 0.643. The number of pyridine rings is 1. The van der Waals surface area contributed by atoms with Crippen LogP contribution in [0.2, 0.25) is 0 Å². The van der Waals surface area contributed by atoms with Gasteiger partial charge in [-0.15, -0.1) is 0 Å². The van der Waals surface area contributed by atoms with Crippen molar-refractivity contribution in [3.8, 4) is 5.88 Å². The monoisotopic (exact) mass is 249 g/mol. The summed E-state index contributed by atoms with van der Waals surface area (Å²) in [5.41, 5.74) is 6.48. The van der Waals surface area contributed by atoms with Crippen LogP contribution < -0.4 is 15.8 Å². The topological polar surface area (TPSA) is 60.2 Å². The van der Waals surface area contributed by atoms with Gasteiger partial charge in [0.1, 0.15) is 5.82 Å². The van der Waals surface area contributed by atoms with Crippen LogP contribution in [-0.4, -0.2) is 18.1 Å². The van der Waals surface area contributed by atoms with Crippen LogP contribution in [0.4, 0.5) is 11.5 Å². The van der Waals surface area contributed by atoms with Gasteiger partial charge in [-0.3, -0.25) is 0 Å². The Balaban J connectivity index is 1.91. The third-order valence-electron chi connectivity index (χ3n) is 3.37. The molecule has 0 spiro atoms. The second-order valence-electron chi connectivity index (χ2n) is 5.24. The Morgan fingerprint density at radius 3 is 2.94 bits per heavy atom. The van der Waals surface area contributed by atoms with E-state index in [1.165, 1.54) is 12.8 Å². The molecule has 100 valence electrons. The fourth-order valence-corrected chi connectivity index (χ4v) is 1.57. The van der Waals surface area contributed by atoms with Crippen LogP contribution >= 0.6 is 0 Å². The summed E-state index contributed by atoms with van der Waals surface area (Å²) in [4.78, 5) is 4.42. The molecule has 1 aromatic rings. The SMILES string of the molecule is CCC(C)CNc1ccc(N)c(OCC2CC2)n1. The quantitative estimate of drug-likeness (QED) is 0.780. The van der Waals surface area contributed by atoms with Crippen molar-refractivity contribution in [1.29, 1.82) is 0 Å². The minimum Gasteiger partial charge on any atom is -0.476 e. The van der Waals surface area contributed by atoms with Gasteiger partial charge in [0.25, 0.3) is 0 Å². The van der Waals surface area contributed by atoms with E-state index in [4.69, 9.17) is 10.5 Å². The summed E-state index contributed by atoms with van der Waals surface area (Å²) in [6, 6.07) is 3.76. The molecule has 4 nitrogen and oxygen atoms in total. The van der Waals surface area contributed by atoms with Crippen LogP contribution in [0.1, 0.15) is 33.1 Å². The van der Waals surface area contributed by atoms with Crippen LogP contribution in [0.25, 0.3) is 0 Å². The third-order valence-corrected chi connectivity index (χ3v) is 3.37. The van der Waals surface area contributed by atoms with Crippen LogP contribution in [0.15, 0.2) is 12.1 Å². The molecule has 0 aromatic carbocycles. The molecule has 0 amide bonds. The van der Waals surface area contributed by atoms with Gasteiger partial charge in [0.15, 0.2) is 0 Å². The summed E-state index contributed by atoms with van der Waals surface area (Å²) in [5, 5.41) is 3.32. The van der Waals surface area contributed by atoms with Gasteiger partial charge < -0.3 is 15.8 Å². The van der Waals surface area contributed by atoms with Gasteiger partial charge in [0, 0.05) is 6.54 Å². The first-order chi connectivity index (χ1) is 8.69. The first-order valence-electron chi connectivity index (χ1n) is 6.82. The number of hydrogen-bond donors (Lipinski definition) is 2. The number of anilines is 2. The van der Waals surface area contributed by atoms with Gasteiger partial charge in [0.05, 0.1) is 12.3 Å². The van der Waals surface area contributed by atoms with Crippen molar-refractivity contribution in [2.45, 2.75) is 33.1 Å².